The van der Waals surface area contributed by atoms with Gasteiger partial charge in [0.2, 0.25) is 0 Å². The molecule has 0 saturated carbocycles. The highest BCUT2D eigenvalue weighted by Crippen LogP contribution is 2.22. The van der Waals surface area contributed by atoms with Gasteiger partial charge in [-0.2, -0.15) is 5.10 Å². The van der Waals surface area contributed by atoms with Gasteiger partial charge in [-0.25, -0.2) is 0 Å². The highest BCUT2D eigenvalue weighted by atomic mass is 16.4. The Balaban J connectivity index is 1.96. The normalized spacial score (nSPS) is 17.0. The minimum Gasteiger partial charge on any atom is -0.481 e. The van der Waals surface area contributed by atoms with Crippen molar-refractivity contribution in [3.05, 3.63) is 18.0 Å². The lowest BCUT2D eigenvalue weighted by atomic mass is 9.93. The maximum absolute atomic E-state index is 12.4. The molecule has 2 rings (SSSR count). The smallest absolute Gasteiger partial charge is 0.303 e. The van der Waals surface area contributed by atoms with E-state index in [2.05, 4.69) is 5.10 Å². The molecule has 0 unspecified atom stereocenters. The Morgan fingerprint density at radius 3 is 2.43 bits per heavy atom. The maximum atomic E-state index is 12.4. The Hall–Kier alpha value is -1.85. The first kappa shape index (κ1) is 15.5. The van der Waals surface area contributed by atoms with Crippen LogP contribution in [0.15, 0.2) is 12.4 Å². The first-order valence-corrected chi connectivity index (χ1v) is 7.33. The second-order valence-corrected chi connectivity index (χ2v) is 6.68. The summed E-state index contributed by atoms with van der Waals surface area (Å²) in [6.45, 7) is 7.35. The number of aromatic nitrogens is 2. The van der Waals surface area contributed by atoms with E-state index in [1.807, 2.05) is 20.8 Å². The van der Waals surface area contributed by atoms with Crippen LogP contribution in [0.4, 0.5) is 0 Å². The number of nitrogens with zero attached hydrogens (tertiary/aromatic N) is 3. The van der Waals surface area contributed by atoms with Crippen LogP contribution in [0.2, 0.25) is 0 Å². The highest BCUT2D eigenvalue weighted by Gasteiger charge is 2.26. The molecule has 1 amide bonds. The molecule has 6 nitrogen and oxygen atoms in total. The van der Waals surface area contributed by atoms with Crippen molar-refractivity contribution in [3.8, 4) is 0 Å². The monoisotopic (exact) mass is 293 g/mol. The zero-order valence-corrected chi connectivity index (χ0v) is 12.9. The third kappa shape index (κ3) is 3.83. The molecule has 1 aliphatic rings. The van der Waals surface area contributed by atoms with Crippen LogP contribution in [0.1, 0.15) is 50.4 Å². The van der Waals surface area contributed by atoms with E-state index in [-0.39, 0.29) is 23.8 Å². The van der Waals surface area contributed by atoms with Gasteiger partial charge >= 0.3 is 5.97 Å². The van der Waals surface area contributed by atoms with E-state index >= 15 is 0 Å². The van der Waals surface area contributed by atoms with Crippen LogP contribution in [0.25, 0.3) is 0 Å². The summed E-state index contributed by atoms with van der Waals surface area (Å²) in [4.78, 5) is 24.9. The van der Waals surface area contributed by atoms with Crippen LogP contribution in [0.3, 0.4) is 0 Å². The summed E-state index contributed by atoms with van der Waals surface area (Å²) in [6, 6.07) is 0. The molecule has 116 valence electrons. The van der Waals surface area contributed by atoms with Crippen molar-refractivity contribution in [2.24, 2.45) is 5.92 Å². The number of likely N-dealkylation sites (tertiary alicyclic amines) is 1. The van der Waals surface area contributed by atoms with Crippen LogP contribution in [-0.4, -0.2) is 44.8 Å². The summed E-state index contributed by atoms with van der Waals surface area (Å²) >= 11 is 0. The third-order valence-electron chi connectivity index (χ3n) is 3.88. The average Bonchev–Trinajstić information content (AvgIpc) is 2.87. The van der Waals surface area contributed by atoms with Crippen molar-refractivity contribution in [1.29, 1.82) is 0 Å². The van der Waals surface area contributed by atoms with Gasteiger partial charge in [-0.15, -0.1) is 0 Å². The fourth-order valence-corrected chi connectivity index (χ4v) is 2.57. The molecule has 1 aromatic heterocycles. The second-order valence-electron chi connectivity index (χ2n) is 6.68. The fraction of sp³-hybridized carbons (Fsp3) is 0.667. The molecule has 1 aromatic rings. The SMILES string of the molecule is CC(C)(C)n1cc(C(=O)N2CCC(CC(=O)O)CC2)cn1. The van der Waals surface area contributed by atoms with Gasteiger partial charge in [0.25, 0.3) is 5.91 Å². The van der Waals surface area contributed by atoms with Crippen LogP contribution in [-0.2, 0) is 10.3 Å². The summed E-state index contributed by atoms with van der Waals surface area (Å²) in [5.41, 5.74) is 0.453. The van der Waals surface area contributed by atoms with E-state index in [0.717, 1.165) is 12.8 Å². The van der Waals surface area contributed by atoms with Crippen LogP contribution in [0.5, 0.6) is 0 Å². The van der Waals surface area contributed by atoms with Gasteiger partial charge in [-0.3, -0.25) is 14.3 Å². The highest BCUT2D eigenvalue weighted by molar-refractivity contribution is 5.93. The van der Waals surface area contributed by atoms with Crippen molar-refractivity contribution in [2.45, 2.75) is 45.6 Å². The number of carbonyl (C=O) groups is 2. The molecule has 0 spiro atoms. The number of piperidine rings is 1. The molecule has 0 bridgehead atoms. The number of amides is 1. The molecule has 6 heteroatoms. The average molecular weight is 293 g/mol. The molecular formula is C15H23N3O3. The number of hydrogen-bond donors (Lipinski definition) is 1. The quantitative estimate of drug-likeness (QED) is 0.924. The summed E-state index contributed by atoms with van der Waals surface area (Å²) in [7, 11) is 0. The fourth-order valence-electron chi connectivity index (χ4n) is 2.57. The van der Waals surface area contributed by atoms with Gasteiger partial charge in [-0.1, -0.05) is 0 Å². The van der Waals surface area contributed by atoms with E-state index in [9.17, 15) is 9.59 Å². The lowest BCUT2D eigenvalue weighted by molar-refractivity contribution is -0.138. The Morgan fingerprint density at radius 1 is 1.33 bits per heavy atom. The maximum Gasteiger partial charge on any atom is 0.303 e. The Morgan fingerprint density at radius 2 is 1.95 bits per heavy atom. The van der Waals surface area contributed by atoms with Gasteiger partial charge in [0.15, 0.2) is 0 Å². The molecular weight excluding hydrogens is 270 g/mol. The second kappa shape index (κ2) is 5.87. The standard InChI is InChI=1S/C15H23N3O3/c1-15(2,3)18-10-12(9-16-18)14(21)17-6-4-11(5-7-17)8-13(19)20/h9-11H,4-8H2,1-3H3,(H,19,20). The molecule has 2 heterocycles. The number of carboxylic acid groups (broad SMARTS) is 1. The lowest BCUT2D eigenvalue weighted by Gasteiger charge is -2.31. The van der Waals surface area contributed by atoms with Crippen LogP contribution in [0, 0.1) is 5.92 Å². The van der Waals surface area contributed by atoms with E-state index in [1.165, 1.54) is 0 Å². The number of carboxylic acids is 1. The van der Waals surface area contributed by atoms with Gasteiger partial charge in [0.1, 0.15) is 0 Å². The van der Waals surface area contributed by atoms with Crippen molar-refractivity contribution < 1.29 is 14.7 Å². The van der Waals surface area contributed by atoms with Gasteiger partial charge in [0.05, 0.1) is 17.3 Å². The summed E-state index contributed by atoms with van der Waals surface area (Å²) in [5.74, 6) is -0.589. The molecule has 0 aliphatic carbocycles. The van der Waals surface area contributed by atoms with E-state index < -0.39 is 5.97 Å². The van der Waals surface area contributed by atoms with E-state index in [4.69, 9.17) is 5.11 Å². The van der Waals surface area contributed by atoms with Gasteiger partial charge in [-0.05, 0) is 39.5 Å². The van der Waals surface area contributed by atoms with Crippen molar-refractivity contribution >= 4 is 11.9 Å². The predicted molar refractivity (Wildman–Crippen MR) is 78.1 cm³/mol. The zero-order chi connectivity index (χ0) is 15.6. The largest absolute Gasteiger partial charge is 0.481 e. The van der Waals surface area contributed by atoms with E-state index in [1.54, 1.807) is 22.0 Å². The molecule has 1 saturated heterocycles. The predicted octanol–water partition coefficient (Wildman–Crippen LogP) is 1.97. The first-order chi connectivity index (χ1) is 9.77. The molecule has 0 radical (unpaired) electrons. The summed E-state index contributed by atoms with van der Waals surface area (Å²) in [5, 5.41) is 13.1. The molecule has 1 N–H and O–H groups in total. The number of carbonyl (C=O) groups excluding carboxylic acids is 1. The van der Waals surface area contributed by atoms with Crippen molar-refractivity contribution in [2.75, 3.05) is 13.1 Å². The minimum absolute atomic E-state index is 0.0146. The Bertz CT molecular complexity index is 523. The number of rotatable bonds is 3. The topological polar surface area (TPSA) is 75.4 Å². The number of aliphatic carboxylic acids is 1. The summed E-state index contributed by atoms with van der Waals surface area (Å²) in [6.07, 6.45) is 5.10. The molecule has 1 fully saturated rings. The first-order valence-electron chi connectivity index (χ1n) is 7.33. The molecule has 1 aliphatic heterocycles. The minimum atomic E-state index is -0.758. The summed E-state index contributed by atoms with van der Waals surface area (Å²) < 4.78 is 1.79. The Kier molecular flexibility index (Phi) is 4.34. The number of hydrogen-bond acceptors (Lipinski definition) is 3. The van der Waals surface area contributed by atoms with E-state index in [0.29, 0.717) is 18.7 Å². The molecule has 0 aromatic carbocycles. The van der Waals surface area contributed by atoms with Crippen molar-refractivity contribution in [1.82, 2.24) is 14.7 Å². The van der Waals surface area contributed by atoms with Gasteiger partial charge in [0, 0.05) is 25.7 Å². The van der Waals surface area contributed by atoms with Crippen molar-refractivity contribution in [3.63, 3.8) is 0 Å². The lowest BCUT2D eigenvalue weighted by Crippen LogP contribution is -2.38. The van der Waals surface area contributed by atoms with Gasteiger partial charge < -0.3 is 10.0 Å². The third-order valence-corrected chi connectivity index (χ3v) is 3.88. The Labute approximate surface area is 124 Å². The van der Waals surface area contributed by atoms with Crippen LogP contribution < -0.4 is 0 Å². The van der Waals surface area contributed by atoms with Crippen LogP contribution >= 0.6 is 0 Å². The molecule has 0 atom stereocenters. The molecule has 21 heavy (non-hydrogen) atoms. The zero-order valence-electron chi connectivity index (χ0n) is 12.9.